The summed E-state index contributed by atoms with van der Waals surface area (Å²) in [5.41, 5.74) is 1.26. The summed E-state index contributed by atoms with van der Waals surface area (Å²) in [4.78, 5) is 12.1. The van der Waals surface area contributed by atoms with E-state index in [2.05, 4.69) is 10.1 Å². The summed E-state index contributed by atoms with van der Waals surface area (Å²) in [7, 11) is 0. The molecule has 0 aliphatic rings. The summed E-state index contributed by atoms with van der Waals surface area (Å²) in [6.07, 6.45) is -4.75. The lowest BCUT2D eigenvalue weighted by Gasteiger charge is -2.12. The maximum Gasteiger partial charge on any atom is 0.573 e. The number of hydrogen-bond acceptors (Lipinski definition) is 3. The minimum absolute atomic E-state index is 0.0943. The number of halogens is 3. The van der Waals surface area contributed by atoms with Crippen molar-refractivity contribution in [3.05, 3.63) is 48.0 Å². The molecule has 0 bridgehead atoms. The highest BCUT2D eigenvalue weighted by atomic mass is 19.4. The average molecular weight is 339 g/mol. The third-order valence-electron chi connectivity index (χ3n) is 3.08. The van der Waals surface area contributed by atoms with Gasteiger partial charge >= 0.3 is 6.36 Å². The molecule has 0 aromatic heterocycles. The van der Waals surface area contributed by atoms with Crippen LogP contribution in [0.1, 0.15) is 24.2 Å². The number of alkyl halides is 3. The Morgan fingerprint density at radius 3 is 2.21 bits per heavy atom. The van der Waals surface area contributed by atoms with E-state index in [1.165, 1.54) is 36.4 Å². The van der Waals surface area contributed by atoms with Gasteiger partial charge in [0.25, 0.3) is 5.91 Å². The Labute approximate surface area is 136 Å². The molecule has 128 valence electrons. The molecule has 0 radical (unpaired) electrons. The second-order valence-corrected chi connectivity index (χ2v) is 5.43. The van der Waals surface area contributed by atoms with Crippen molar-refractivity contribution in [1.29, 1.82) is 0 Å². The van der Waals surface area contributed by atoms with Gasteiger partial charge in [0.05, 0.1) is 5.56 Å². The van der Waals surface area contributed by atoms with Crippen LogP contribution in [0.5, 0.6) is 11.5 Å². The van der Waals surface area contributed by atoms with Crippen LogP contribution in [0.3, 0.4) is 0 Å². The Bertz CT molecular complexity index is 725. The molecule has 0 spiro atoms. The van der Waals surface area contributed by atoms with Gasteiger partial charge in [-0.2, -0.15) is 0 Å². The standard InChI is InChI=1S/C17H16F3NO3/c1-10(2)21-16(23)14-9-12(5-8-15(14)22)11-3-6-13(7-4-11)24-17(18,19)20/h3-10,22H,1-2H3,(H,21,23). The summed E-state index contributed by atoms with van der Waals surface area (Å²) in [5.74, 6) is -0.932. The van der Waals surface area contributed by atoms with Crippen LogP contribution in [0.15, 0.2) is 42.5 Å². The fourth-order valence-electron chi connectivity index (χ4n) is 2.09. The molecule has 0 aliphatic carbocycles. The van der Waals surface area contributed by atoms with Crippen molar-refractivity contribution in [2.24, 2.45) is 0 Å². The number of amides is 1. The van der Waals surface area contributed by atoms with Gasteiger partial charge in [-0.25, -0.2) is 0 Å². The zero-order valence-electron chi connectivity index (χ0n) is 13.0. The smallest absolute Gasteiger partial charge is 0.507 e. The number of hydrogen-bond donors (Lipinski definition) is 2. The summed E-state index contributed by atoms with van der Waals surface area (Å²) in [6, 6.07) is 9.57. The molecule has 24 heavy (non-hydrogen) atoms. The van der Waals surface area contributed by atoms with Crippen molar-refractivity contribution < 1.29 is 27.8 Å². The third kappa shape index (κ3) is 4.65. The summed E-state index contributed by atoms with van der Waals surface area (Å²) in [6.45, 7) is 3.58. The molecule has 0 saturated carbocycles. The molecular weight excluding hydrogens is 323 g/mol. The predicted octanol–water partition coefficient (Wildman–Crippen LogP) is 4.10. The van der Waals surface area contributed by atoms with Crippen LogP contribution in [0.2, 0.25) is 0 Å². The number of rotatable bonds is 4. The molecule has 2 aromatic carbocycles. The topological polar surface area (TPSA) is 58.6 Å². The average Bonchev–Trinajstić information content (AvgIpc) is 2.46. The van der Waals surface area contributed by atoms with Crippen LogP contribution in [-0.4, -0.2) is 23.4 Å². The molecule has 2 N–H and O–H groups in total. The summed E-state index contributed by atoms with van der Waals surface area (Å²) >= 11 is 0. The number of carbonyl (C=O) groups excluding carboxylic acids is 1. The van der Waals surface area contributed by atoms with Crippen molar-refractivity contribution in [3.8, 4) is 22.6 Å². The lowest BCUT2D eigenvalue weighted by Crippen LogP contribution is -2.30. The number of carbonyl (C=O) groups is 1. The van der Waals surface area contributed by atoms with Crippen LogP contribution in [0, 0.1) is 0 Å². The molecule has 0 unspecified atom stereocenters. The minimum Gasteiger partial charge on any atom is -0.507 e. The zero-order chi connectivity index (χ0) is 17.9. The van der Waals surface area contributed by atoms with Crippen molar-refractivity contribution in [2.45, 2.75) is 26.3 Å². The van der Waals surface area contributed by atoms with E-state index in [1.807, 2.05) is 0 Å². The van der Waals surface area contributed by atoms with Gasteiger partial charge in [0, 0.05) is 6.04 Å². The van der Waals surface area contributed by atoms with Crippen LogP contribution >= 0.6 is 0 Å². The SMILES string of the molecule is CC(C)NC(=O)c1cc(-c2ccc(OC(F)(F)F)cc2)ccc1O. The van der Waals surface area contributed by atoms with Crippen LogP contribution < -0.4 is 10.1 Å². The molecular formula is C17H16F3NO3. The quantitative estimate of drug-likeness (QED) is 0.882. The third-order valence-corrected chi connectivity index (χ3v) is 3.08. The van der Waals surface area contributed by atoms with Gasteiger partial charge in [-0.1, -0.05) is 18.2 Å². The van der Waals surface area contributed by atoms with Gasteiger partial charge in [-0.3, -0.25) is 4.79 Å². The monoisotopic (exact) mass is 339 g/mol. The highest BCUT2D eigenvalue weighted by Gasteiger charge is 2.30. The molecule has 7 heteroatoms. The molecule has 0 heterocycles. The second-order valence-electron chi connectivity index (χ2n) is 5.43. The predicted molar refractivity (Wildman–Crippen MR) is 82.8 cm³/mol. The largest absolute Gasteiger partial charge is 0.573 e. The first-order chi connectivity index (χ1) is 11.2. The Morgan fingerprint density at radius 1 is 1.08 bits per heavy atom. The first-order valence-corrected chi connectivity index (χ1v) is 7.16. The van der Waals surface area contributed by atoms with Gasteiger partial charge in [0.15, 0.2) is 0 Å². The molecule has 1 amide bonds. The molecule has 0 saturated heterocycles. The first-order valence-electron chi connectivity index (χ1n) is 7.16. The van der Waals surface area contributed by atoms with E-state index >= 15 is 0 Å². The maximum absolute atomic E-state index is 12.2. The van der Waals surface area contributed by atoms with Gasteiger partial charge in [-0.05, 0) is 49.2 Å². The Kier molecular flexibility index (Phi) is 5.02. The maximum atomic E-state index is 12.2. The van der Waals surface area contributed by atoms with E-state index in [0.29, 0.717) is 11.1 Å². The molecule has 0 atom stereocenters. The minimum atomic E-state index is -4.75. The molecule has 2 aromatic rings. The van der Waals surface area contributed by atoms with Crippen LogP contribution in [-0.2, 0) is 0 Å². The van der Waals surface area contributed by atoms with Crippen LogP contribution in [0.25, 0.3) is 11.1 Å². The molecule has 0 aliphatic heterocycles. The van der Waals surface area contributed by atoms with Crippen molar-refractivity contribution in [2.75, 3.05) is 0 Å². The number of aromatic hydroxyl groups is 1. The van der Waals surface area contributed by atoms with Gasteiger partial charge in [0.2, 0.25) is 0 Å². The zero-order valence-corrected chi connectivity index (χ0v) is 13.0. The van der Waals surface area contributed by atoms with E-state index < -0.39 is 12.3 Å². The van der Waals surface area contributed by atoms with Crippen molar-refractivity contribution in [1.82, 2.24) is 5.32 Å². The lowest BCUT2D eigenvalue weighted by molar-refractivity contribution is -0.274. The van der Waals surface area contributed by atoms with E-state index in [-0.39, 0.29) is 23.1 Å². The molecule has 4 nitrogen and oxygen atoms in total. The Hall–Kier alpha value is -2.70. The van der Waals surface area contributed by atoms with Gasteiger partial charge < -0.3 is 15.2 Å². The van der Waals surface area contributed by atoms with E-state index in [1.54, 1.807) is 19.9 Å². The summed E-state index contributed by atoms with van der Waals surface area (Å²) < 4.78 is 40.3. The highest BCUT2D eigenvalue weighted by molar-refractivity contribution is 5.98. The Balaban J connectivity index is 2.28. The summed E-state index contributed by atoms with van der Waals surface area (Å²) in [5, 5.41) is 12.5. The number of phenols is 1. The van der Waals surface area contributed by atoms with Gasteiger partial charge in [0.1, 0.15) is 11.5 Å². The first kappa shape index (κ1) is 17.7. The fraction of sp³-hybridized carbons (Fsp3) is 0.235. The van der Waals surface area contributed by atoms with E-state index in [9.17, 15) is 23.1 Å². The molecule has 0 fully saturated rings. The van der Waals surface area contributed by atoms with Crippen molar-refractivity contribution in [3.63, 3.8) is 0 Å². The highest BCUT2D eigenvalue weighted by Crippen LogP contribution is 2.29. The van der Waals surface area contributed by atoms with Crippen LogP contribution in [0.4, 0.5) is 13.2 Å². The molecule has 2 rings (SSSR count). The van der Waals surface area contributed by atoms with Crippen molar-refractivity contribution >= 4 is 5.91 Å². The number of benzene rings is 2. The number of ether oxygens (including phenoxy) is 1. The number of nitrogens with one attached hydrogen (secondary N) is 1. The normalized spacial score (nSPS) is 11.4. The lowest BCUT2D eigenvalue weighted by atomic mass is 10.0. The number of phenolic OH excluding ortho intramolecular Hbond substituents is 1. The Morgan fingerprint density at radius 2 is 1.67 bits per heavy atom. The van der Waals surface area contributed by atoms with E-state index in [4.69, 9.17) is 0 Å². The second kappa shape index (κ2) is 6.82. The van der Waals surface area contributed by atoms with Gasteiger partial charge in [-0.15, -0.1) is 13.2 Å². The van der Waals surface area contributed by atoms with E-state index in [0.717, 1.165) is 0 Å². The fourth-order valence-corrected chi connectivity index (χ4v) is 2.09.